The SMILES string of the molecule is O=S(=O)(Cc1ccccc1)NCC1CCCCC1CBr. The van der Waals surface area contributed by atoms with Crippen LogP contribution in [0.1, 0.15) is 31.2 Å². The second-order valence-corrected chi connectivity index (χ2v) is 8.01. The van der Waals surface area contributed by atoms with E-state index in [9.17, 15) is 8.42 Å². The quantitative estimate of drug-likeness (QED) is 0.792. The first-order valence-electron chi connectivity index (χ1n) is 7.18. The number of nitrogens with one attached hydrogen (secondary N) is 1. The van der Waals surface area contributed by atoms with Crippen molar-refractivity contribution in [2.75, 3.05) is 11.9 Å². The fourth-order valence-corrected chi connectivity index (χ4v) is 4.89. The van der Waals surface area contributed by atoms with Crippen molar-refractivity contribution in [2.45, 2.75) is 31.4 Å². The molecule has 2 rings (SSSR count). The summed E-state index contributed by atoms with van der Waals surface area (Å²) in [5, 5.41) is 0.970. The van der Waals surface area contributed by atoms with Gasteiger partial charge in [-0.25, -0.2) is 13.1 Å². The predicted molar refractivity (Wildman–Crippen MR) is 86.3 cm³/mol. The minimum atomic E-state index is -3.23. The third kappa shape index (κ3) is 4.86. The van der Waals surface area contributed by atoms with Gasteiger partial charge in [-0.05, 0) is 30.2 Å². The summed E-state index contributed by atoms with van der Waals surface area (Å²) in [6.07, 6.45) is 4.82. The standard InChI is InChI=1S/C15H22BrNO2S/c16-10-14-8-4-5-9-15(14)11-17-20(18,19)12-13-6-2-1-3-7-13/h1-3,6-7,14-15,17H,4-5,8-12H2. The predicted octanol–water partition coefficient (Wildman–Crippen LogP) is 3.31. The fraction of sp³-hybridized carbons (Fsp3) is 0.600. The van der Waals surface area contributed by atoms with Gasteiger partial charge in [0.1, 0.15) is 0 Å². The summed E-state index contributed by atoms with van der Waals surface area (Å²) in [5.41, 5.74) is 0.834. The van der Waals surface area contributed by atoms with Gasteiger partial charge >= 0.3 is 0 Å². The molecular formula is C15H22BrNO2S. The van der Waals surface area contributed by atoms with Crippen LogP contribution in [-0.4, -0.2) is 20.3 Å². The molecule has 112 valence electrons. The van der Waals surface area contributed by atoms with Crippen LogP contribution in [0.25, 0.3) is 0 Å². The Morgan fingerprint density at radius 1 is 1.10 bits per heavy atom. The Morgan fingerprint density at radius 2 is 1.75 bits per heavy atom. The third-order valence-electron chi connectivity index (χ3n) is 4.03. The first-order valence-corrected chi connectivity index (χ1v) is 9.95. The molecular weight excluding hydrogens is 338 g/mol. The van der Waals surface area contributed by atoms with Crippen molar-refractivity contribution in [2.24, 2.45) is 11.8 Å². The van der Waals surface area contributed by atoms with Crippen molar-refractivity contribution in [3.8, 4) is 0 Å². The van der Waals surface area contributed by atoms with Gasteiger partial charge in [-0.2, -0.15) is 0 Å². The van der Waals surface area contributed by atoms with E-state index < -0.39 is 10.0 Å². The van der Waals surface area contributed by atoms with E-state index in [2.05, 4.69) is 20.7 Å². The molecule has 1 aromatic carbocycles. The zero-order valence-electron chi connectivity index (χ0n) is 11.6. The fourth-order valence-electron chi connectivity index (χ4n) is 2.84. The maximum Gasteiger partial charge on any atom is 0.215 e. The van der Waals surface area contributed by atoms with Gasteiger partial charge in [0.05, 0.1) is 5.75 Å². The topological polar surface area (TPSA) is 46.2 Å². The molecule has 2 atom stereocenters. The monoisotopic (exact) mass is 359 g/mol. The third-order valence-corrected chi connectivity index (χ3v) is 6.18. The molecule has 1 fully saturated rings. The van der Waals surface area contributed by atoms with E-state index in [1.165, 1.54) is 19.3 Å². The smallest absolute Gasteiger partial charge is 0.215 e. The molecule has 0 radical (unpaired) electrons. The summed E-state index contributed by atoms with van der Waals surface area (Å²) < 4.78 is 27.0. The van der Waals surface area contributed by atoms with Gasteiger partial charge in [0.25, 0.3) is 0 Å². The highest BCUT2D eigenvalue weighted by Crippen LogP contribution is 2.30. The first kappa shape index (κ1) is 16.0. The van der Waals surface area contributed by atoms with Crippen molar-refractivity contribution in [1.29, 1.82) is 0 Å². The Hall–Kier alpha value is -0.390. The second-order valence-electron chi connectivity index (χ2n) is 5.55. The molecule has 0 spiro atoms. The van der Waals surface area contributed by atoms with Crippen molar-refractivity contribution < 1.29 is 8.42 Å². The van der Waals surface area contributed by atoms with Gasteiger partial charge in [0, 0.05) is 11.9 Å². The van der Waals surface area contributed by atoms with Gasteiger partial charge < -0.3 is 0 Å². The van der Waals surface area contributed by atoms with E-state index in [1.807, 2.05) is 30.3 Å². The van der Waals surface area contributed by atoms with Crippen LogP contribution in [0.15, 0.2) is 30.3 Å². The summed E-state index contributed by atoms with van der Waals surface area (Å²) in [5.74, 6) is 1.14. The number of sulfonamides is 1. The zero-order valence-corrected chi connectivity index (χ0v) is 14.0. The molecule has 0 aromatic heterocycles. The highest BCUT2D eigenvalue weighted by atomic mass is 79.9. The summed E-state index contributed by atoms with van der Waals surface area (Å²) in [6.45, 7) is 0.575. The maximum absolute atomic E-state index is 12.1. The number of hydrogen-bond acceptors (Lipinski definition) is 2. The van der Waals surface area contributed by atoms with E-state index >= 15 is 0 Å². The normalized spacial score (nSPS) is 23.6. The summed E-state index contributed by atoms with van der Waals surface area (Å²) in [6, 6.07) is 9.33. The van der Waals surface area contributed by atoms with Crippen LogP contribution in [0.5, 0.6) is 0 Å². The summed E-state index contributed by atoms with van der Waals surface area (Å²) in [4.78, 5) is 0. The molecule has 1 aliphatic carbocycles. The number of rotatable bonds is 6. The average Bonchev–Trinajstić information content (AvgIpc) is 2.46. The van der Waals surface area contributed by atoms with Gasteiger partial charge in [-0.15, -0.1) is 0 Å². The molecule has 1 aliphatic rings. The van der Waals surface area contributed by atoms with Crippen molar-refractivity contribution >= 4 is 26.0 Å². The van der Waals surface area contributed by atoms with Gasteiger partial charge in [0.15, 0.2) is 0 Å². The maximum atomic E-state index is 12.1. The second kappa shape index (κ2) is 7.57. The molecule has 1 aromatic rings. The zero-order chi connectivity index (χ0) is 14.4. The largest absolute Gasteiger partial charge is 0.215 e. The molecule has 5 heteroatoms. The van der Waals surface area contributed by atoms with E-state index in [4.69, 9.17) is 0 Å². The van der Waals surface area contributed by atoms with E-state index in [-0.39, 0.29) is 5.75 Å². The average molecular weight is 360 g/mol. The number of alkyl halides is 1. The molecule has 0 aliphatic heterocycles. The molecule has 0 heterocycles. The van der Waals surface area contributed by atoms with E-state index in [0.29, 0.717) is 18.4 Å². The lowest BCUT2D eigenvalue weighted by Gasteiger charge is -2.30. The Bertz CT molecular complexity index is 504. The minimum Gasteiger partial charge on any atom is -0.215 e. The molecule has 20 heavy (non-hydrogen) atoms. The lowest BCUT2D eigenvalue weighted by molar-refractivity contribution is 0.263. The highest BCUT2D eigenvalue weighted by molar-refractivity contribution is 9.09. The van der Waals surface area contributed by atoms with Crippen molar-refractivity contribution in [1.82, 2.24) is 4.72 Å². The van der Waals surface area contributed by atoms with Gasteiger partial charge in [-0.1, -0.05) is 59.1 Å². The highest BCUT2D eigenvalue weighted by Gasteiger charge is 2.25. The number of hydrogen-bond donors (Lipinski definition) is 1. The Kier molecular flexibility index (Phi) is 6.05. The van der Waals surface area contributed by atoms with E-state index in [0.717, 1.165) is 17.3 Å². The van der Waals surface area contributed by atoms with E-state index in [1.54, 1.807) is 0 Å². The Morgan fingerprint density at radius 3 is 2.40 bits per heavy atom. The minimum absolute atomic E-state index is 0.0690. The van der Waals surface area contributed by atoms with Crippen LogP contribution in [0.3, 0.4) is 0 Å². The lowest BCUT2D eigenvalue weighted by atomic mass is 9.80. The van der Waals surface area contributed by atoms with Crippen LogP contribution in [0.2, 0.25) is 0 Å². The number of benzene rings is 1. The summed E-state index contributed by atoms with van der Waals surface area (Å²) >= 11 is 3.55. The number of halogens is 1. The van der Waals surface area contributed by atoms with Gasteiger partial charge in [-0.3, -0.25) is 0 Å². The Labute approximate surface area is 130 Å². The lowest BCUT2D eigenvalue weighted by Crippen LogP contribution is -2.35. The molecule has 0 saturated heterocycles. The van der Waals surface area contributed by atoms with Crippen LogP contribution in [0.4, 0.5) is 0 Å². The van der Waals surface area contributed by atoms with Crippen molar-refractivity contribution in [3.63, 3.8) is 0 Å². The molecule has 2 unspecified atom stereocenters. The molecule has 0 bridgehead atoms. The van der Waals surface area contributed by atoms with Crippen LogP contribution < -0.4 is 4.72 Å². The Balaban J connectivity index is 1.88. The molecule has 1 N–H and O–H groups in total. The molecule has 3 nitrogen and oxygen atoms in total. The van der Waals surface area contributed by atoms with Crippen LogP contribution >= 0.6 is 15.9 Å². The summed E-state index contributed by atoms with van der Waals surface area (Å²) in [7, 11) is -3.23. The van der Waals surface area contributed by atoms with Crippen LogP contribution in [-0.2, 0) is 15.8 Å². The van der Waals surface area contributed by atoms with Crippen molar-refractivity contribution in [3.05, 3.63) is 35.9 Å². The first-order chi connectivity index (χ1) is 9.61. The van der Waals surface area contributed by atoms with Gasteiger partial charge in [0.2, 0.25) is 10.0 Å². The molecule has 0 amide bonds. The molecule has 1 saturated carbocycles. The van der Waals surface area contributed by atoms with Crippen LogP contribution in [0, 0.1) is 11.8 Å².